The van der Waals surface area contributed by atoms with Crippen LogP contribution in [0.2, 0.25) is 0 Å². The fraction of sp³-hybridized carbons (Fsp3) is 0.0189. The topological polar surface area (TPSA) is 71.7 Å². The van der Waals surface area contributed by atoms with Crippen LogP contribution in [-0.4, -0.2) is 15.0 Å². The van der Waals surface area contributed by atoms with Crippen LogP contribution in [0, 0.1) is 11.3 Å². The number of hydrogen-bond donors (Lipinski definition) is 0. The zero-order valence-electron chi connectivity index (χ0n) is 31.2. The predicted molar refractivity (Wildman–Crippen MR) is 229 cm³/mol. The van der Waals surface area contributed by atoms with Gasteiger partial charge in [0.2, 0.25) is 0 Å². The maximum Gasteiger partial charge on any atom is 0.164 e. The summed E-state index contributed by atoms with van der Waals surface area (Å²) in [4.78, 5) is 15.5. The fourth-order valence-corrected chi connectivity index (χ4v) is 8.88. The standard InChI is InChI=1S/C53H32N4O/c54-33-34-25-27-36(28-26-34)41-19-12-22-46-49(41)42-32-40(29-30-43(42)53(46)44-20-7-9-23-47(44)58-48-24-10-8-21-45(48)53)52-56-50(37-15-5-2-6-16-37)55-51(57-52)39-18-11-17-38(31-39)35-13-3-1-4-14-35/h1-32H. The lowest BCUT2D eigenvalue weighted by atomic mass is 9.66. The van der Waals surface area contributed by atoms with Gasteiger partial charge in [-0.25, -0.2) is 15.0 Å². The molecule has 5 nitrogen and oxygen atoms in total. The lowest BCUT2D eigenvalue weighted by Gasteiger charge is -2.39. The molecule has 2 aliphatic rings. The normalized spacial score (nSPS) is 12.7. The van der Waals surface area contributed by atoms with Crippen LogP contribution < -0.4 is 4.74 Å². The Balaban J connectivity index is 1.17. The van der Waals surface area contributed by atoms with Crippen molar-refractivity contribution in [2.45, 2.75) is 5.41 Å². The molecule has 0 N–H and O–H groups in total. The summed E-state index contributed by atoms with van der Waals surface area (Å²) >= 11 is 0. The molecule has 58 heavy (non-hydrogen) atoms. The van der Waals surface area contributed by atoms with Crippen molar-refractivity contribution in [1.82, 2.24) is 15.0 Å². The van der Waals surface area contributed by atoms with E-state index in [9.17, 15) is 5.26 Å². The monoisotopic (exact) mass is 740 g/mol. The second-order valence-corrected chi connectivity index (χ2v) is 14.6. The maximum absolute atomic E-state index is 9.65. The van der Waals surface area contributed by atoms with Gasteiger partial charge in [-0.05, 0) is 80.9 Å². The van der Waals surface area contributed by atoms with Crippen molar-refractivity contribution in [3.05, 3.63) is 222 Å². The van der Waals surface area contributed by atoms with Crippen molar-refractivity contribution in [1.29, 1.82) is 5.26 Å². The van der Waals surface area contributed by atoms with Gasteiger partial charge in [0, 0.05) is 27.8 Å². The Morgan fingerprint density at radius 3 is 1.57 bits per heavy atom. The first-order chi connectivity index (χ1) is 28.7. The number of rotatable bonds is 5. The minimum absolute atomic E-state index is 0.586. The van der Waals surface area contributed by atoms with Crippen LogP contribution in [0.5, 0.6) is 11.5 Å². The molecule has 0 amide bonds. The lowest BCUT2D eigenvalue weighted by Crippen LogP contribution is -2.32. The first-order valence-corrected chi connectivity index (χ1v) is 19.3. The molecule has 8 aromatic carbocycles. The summed E-state index contributed by atoms with van der Waals surface area (Å²) in [5, 5.41) is 9.65. The zero-order valence-corrected chi connectivity index (χ0v) is 31.2. The van der Waals surface area contributed by atoms with Crippen LogP contribution in [0.3, 0.4) is 0 Å². The summed E-state index contributed by atoms with van der Waals surface area (Å²) in [7, 11) is 0. The van der Waals surface area contributed by atoms with Crippen molar-refractivity contribution in [2.75, 3.05) is 0 Å². The predicted octanol–water partition coefficient (Wildman–Crippen LogP) is 12.5. The SMILES string of the molecule is N#Cc1ccc(-c2cccc3c2-c2cc(-c4nc(-c5ccccc5)nc(-c5cccc(-c6ccccc6)c5)n4)ccc2C32c3ccccc3Oc3ccccc32)cc1. The Morgan fingerprint density at radius 2 is 0.897 bits per heavy atom. The summed E-state index contributed by atoms with van der Waals surface area (Å²) in [6, 6.07) is 69.0. The Labute approximate surface area is 336 Å². The van der Waals surface area contributed by atoms with E-state index in [2.05, 4.69) is 127 Å². The van der Waals surface area contributed by atoms with Gasteiger partial charge in [-0.1, -0.05) is 158 Å². The van der Waals surface area contributed by atoms with Crippen LogP contribution in [0.25, 0.3) is 67.5 Å². The highest BCUT2D eigenvalue weighted by Gasteiger charge is 2.51. The molecule has 1 aliphatic carbocycles. The van der Waals surface area contributed by atoms with Gasteiger partial charge >= 0.3 is 0 Å². The molecule has 1 spiro atoms. The molecule has 0 fully saturated rings. The summed E-state index contributed by atoms with van der Waals surface area (Å²) in [6.45, 7) is 0. The zero-order chi connectivity index (χ0) is 38.6. The van der Waals surface area contributed by atoms with Gasteiger partial charge in [0.05, 0.1) is 17.0 Å². The molecule has 1 aromatic heterocycles. The van der Waals surface area contributed by atoms with Crippen LogP contribution >= 0.6 is 0 Å². The van der Waals surface area contributed by atoms with Crippen molar-refractivity contribution >= 4 is 0 Å². The average molecular weight is 741 g/mol. The quantitative estimate of drug-likeness (QED) is 0.176. The highest BCUT2D eigenvalue weighted by Crippen LogP contribution is 2.63. The van der Waals surface area contributed by atoms with Gasteiger partial charge in [-0.2, -0.15) is 5.26 Å². The lowest BCUT2D eigenvalue weighted by molar-refractivity contribution is 0.436. The summed E-state index contributed by atoms with van der Waals surface area (Å²) in [6.07, 6.45) is 0. The molecule has 2 heterocycles. The molecule has 9 aromatic rings. The first-order valence-electron chi connectivity index (χ1n) is 19.3. The van der Waals surface area contributed by atoms with E-state index in [0.29, 0.717) is 23.0 Å². The molecule has 0 atom stereocenters. The molecular formula is C53H32N4O. The van der Waals surface area contributed by atoms with Gasteiger partial charge in [0.15, 0.2) is 17.5 Å². The van der Waals surface area contributed by atoms with Crippen molar-refractivity contribution in [2.24, 2.45) is 0 Å². The van der Waals surface area contributed by atoms with E-state index >= 15 is 0 Å². The highest BCUT2D eigenvalue weighted by molar-refractivity contribution is 5.97. The average Bonchev–Trinajstić information content (AvgIpc) is 3.59. The number of para-hydroxylation sites is 2. The second-order valence-electron chi connectivity index (χ2n) is 14.6. The van der Waals surface area contributed by atoms with Crippen LogP contribution in [0.4, 0.5) is 0 Å². The van der Waals surface area contributed by atoms with E-state index in [0.717, 1.165) is 78.3 Å². The Morgan fingerprint density at radius 1 is 0.379 bits per heavy atom. The third kappa shape index (κ3) is 5.20. The Kier molecular flexibility index (Phi) is 7.70. The Hall–Kier alpha value is -7.94. The van der Waals surface area contributed by atoms with Crippen LogP contribution in [0.15, 0.2) is 194 Å². The van der Waals surface area contributed by atoms with Gasteiger partial charge in [0.1, 0.15) is 11.5 Å². The summed E-state index contributed by atoms with van der Waals surface area (Å²) < 4.78 is 6.62. The van der Waals surface area contributed by atoms with E-state index in [1.807, 2.05) is 72.8 Å². The summed E-state index contributed by atoms with van der Waals surface area (Å²) in [5.74, 6) is 3.46. The second kappa shape index (κ2) is 13.4. The third-order valence-corrected chi connectivity index (χ3v) is 11.4. The molecular weight excluding hydrogens is 709 g/mol. The van der Waals surface area contributed by atoms with Gasteiger partial charge < -0.3 is 4.74 Å². The molecule has 1 aliphatic heterocycles. The van der Waals surface area contributed by atoms with Crippen molar-refractivity contribution in [3.8, 4) is 85.1 Å². The maximum atomic E-state index is 9.65. The smallest absolute Gasteiger partial charge is 0.164 e. The molecule has 0 unspecified atom stereocenters. The summed E-state index contributed by atoms with van der Waals surface area (Å²) in [5.41, 5.74) is 13.7. The van der Waals surface area contributed by atoms with Gasteiger partial charge in [0.25, 0.3) is 0 Å². The fourth-order valence-electron chi connectivity index (χ4n) is 8.88. The van der Waals surface area contributed by atoms with Crippen molar-refractivity contribution in [3.63, 3.8) is 0 Å². The number of ether oxygens (including phenoxy) is 1. The number of nitriles is 1. The third-order valence-electron chi connectivity index (χ3n) is 11.4. The van der Waals surface area contributed by atoms with E-state index in [4.69, 9.17) is 19.7 Å². The molecule has 5 heteroatoms. The first kappa shape index (κ1) is 33.4. The Bertz CT molecular complexity index is 3050. The molecule has 270 valence electrons. The van der Waals surface area contributed by atoms with Gasteiger partial charge in [-0.15, -0.1) is 0 Å². The number of fused-ring (bicyclic) bond motifs is 9. The minimum atomic E-state index is -0.658. The molecule has 0 saturated carbocycles. The molecule has 0 bridgehead atoms. The molecule has 0 radical (unpaired) electrons. The largest absolute Gasteiger partial charge is 0.457 e. The van der Waals surface area contributed by atoms with E-state index in [-0.39, 0.29) is 0 Å². The number of hydrogen-bond acceptors (Lipinski definition) is 5. The van der Waals surface area contributed by atoms with Crippen molar-refractivity contribution < 1.29 is 4.74 Å². The molecule has 0 saturated heterocycles. The van der Waals surface area contributed by atoms with Crippen LogP contribution in [-0.2, 0) is 5.41 Å². The van der Waals surface area contributed by atoms with E-state index in [1.165, 1.54) is 5.56 Å². The number of aromatic nitrogens is 3. The van der Waals surface area contributed by atoms with Crippen LogP contribution in [0.1, 0.15) is 27.8 Å². The van der Waals surface area contributed by atoms with E-state index in [1.54, 1.807) is 0 Å². The molecule has 11 rings (SSSR count). The minimum Gasteiger partial charge on any atom is -0.457 e. The highest BCUT2D eigenvalue weighted by atomic mass is 16.5. The number of benzene rings is 8. The van der Waals surface area contributed by atoms with E-state index < -0.39 is 5.41 Å². The van der Waals surface area contributed by atoms with Gasteiger partial charge in [-0.3, -0.25) is 0 Å². The number of nitrogens with zero attached hydrogens (tertiary/aromatic N) is 4.